The summed E-state index contributed by atoms with van der Waals surface area (Å²) >= 11 is 0. The van der Waals surface area contributed by atoms with Crippen molar-refractivity contribution in [1.82, 2.24) is 14.4 Å². The third-order valence-corrected chi connectivity index (χ3v) is 5.36. The van der Waals surface area contributed by atoms with Gasteiger partial charge in [0.2, 0.25) is 5.91 Å². The Balaban J connectivity index is 1.75. The van der Waals surface area contributed by atoms with Crippen LogP contribution in [0.15, 0.2) is 42.6 Å². The van der Waals surface area contributed by atoms with E-state index in [4.69, 9.17) is 0 Å². The molecule has 0 bridgehead atoms. The van der Waals surface area contributed by atoms with Crippen LogP contribution in [0.5, 0.6) is 0 Å². The van der Waals surface area contributed by atoms with Gasteiger partial charge in [0, 0.05) is 37.1 Å². The molecule has 0 N–H and O–H groups in total. The molecular formula is C23H28F3N3O2. The number of alkyl halides is 3. The van der Waals surface area contributed by atoms with Gasteiger partial charge in [0.25, 0.3) is 5.91 Å². The molecule has 168 valence electrons. The summed E-state index contributed by atoms with van der Waals surface area (Å²) in [4.78, 5) is 29.4. The van der Waals surface area contributed by atoms with Gasteiger partial charge in [-0.15, -0.1) is 0 Å². The van der Waals surface area contributed by atoms with Crippen LogP contribution in [0.4, 0.5) is 13.2 Å². The van der Waals surface area contributed by atoms with E-state index in [1.165, 1.54) is 17.0 Å². The molecule has 3 rings (SSSR count). The summed E-state index contributed by atoms with van der Waals surface area (Å²) < 4.78 is 40.4. The lowest BCUT2D eigenvalue weighted by Crippen LogP contribution is -2.45. The van der Waals surface area contributed by atoms with Gasteiger partial charge in [0.05, 0.1) is 12.1 Å². The molecule has 1 aliphatic rings. The Morgan fingerprint density at radius 1 is 1.13 bits per heavy atom. The highest BCUT2D eigenvalue weighted by atomic mass is 19.4. The SMILES string of the molecule is CC(C)CN(Cc1cccn1C)C(=O)CN(C(=O)c1ccc(C(F)(F)F)cc1)C1CC1. The predicted molar refractivity (Wildman–Crippen MR) is 111 cm³/mol. The van der Waals surface area contributed by atoms with E-state index in [-0.39, 0.29) is 30.0 Å². The number of hydrogen-bond acceptors (Lipinski definition) is 2. The molecule has 31 heavy (non-hydrogen) atoms. The number of hydrogen-bond donors (Lipinski definition) is 0. The Hall–Kier alpha value is -2.77. The standard InChI is InChI=1S/C23H28F3N3O2/c1-16(2)13-28(14-20-5-4-12-27(20)3)21(30)15-29(19-10-11-19)22(31)17-6-8-18(9-7-17)23(24,25)26/h4-9,12,16,19H,10-11,13-15H2,1-3H3. The number of carbonyl (C=O) groups excluding carboxylic acids is 2. The van der Waals surface area contributed by atoms with Crippen LogP contribution in [-0.2, 0) is 24.6 Å². The van der Waals surface area contributed by atoms with Crippen molar-refractivity contribution < 1.29 is 22.8 Å². The minimum atomic E-state index is -4.46. The molecule has 0 unspecified atom stereocenters. The normalized spacial score (nSPS) is 14.0. The van der Waals surface area contributed by atoms with E-state index in [1.807, 2.05) is 43.8 Å². The molecule has 1 saturated carbocycles. The second kappa shape index (κ2) is 9.16. The van der Waals surface area contributed by atoms with Crippen LogP contribution in [0.25, 0.3) is 0 Å². The average molecular weight is 435 g/mol. The van der Waals surface area contributed by atoms with Gasteiger partial charge >= 0.3 is 6.18 Å². The predicted octanol–water partition coefficient (Wildman–Crippen LogP) is 4.33. The van der Waals surface area contributed by atoms with Crippen molar-refractivity contribution in [3.05, 3.63) is 59.4 Å². The van der Waals surface area contributed by atoms with E-state index in [2.05, 4.69) is 0 Å². The van der Waals surface area contributed by atoms with Crippen molar-refractivity contribution in [2.75, 3.05) is 13.1 Å². The summed E-state index contributed by atoms with van der Waals surface area (Å²) in [6.45, 7) is 4.96. The fourth-order valence-corrected chi connectivity index (χ4v) is 3.52. The minimum Gasteiger partial charge on any atom is -0.353 e. The third kappa shape index (κ3) is 5.89. The van der Waals surface area contributed by atoms with Crippen LogP contribution in [-0.4, -0.2) is 45.3 Å². The van der Waals surface area contributed by atoms with E-state index >= 15 is 0 Å². The average Bonchev–Trinajstić information content (AvgIpc) is 3.46. The molecule has 1 fully saturated rings. The zero-order valence-corrected chi connectivity index (χ0v) is 18.0. The number of rotatable bonds is 8. The first kappa shape index (κ1) is 22.9. The Labute approximate surface area is 180 Å². The van der Waals surface area contributed by atoms with Gasteiger partial charge in [-0.2, -0.15) is 13.2 Å². The number of aromatic nitrogens is 1. The molecule has 8 heteroatoms. The summed E-state index contributed by atoms with van der Waals surface area (Å²) in [5, 5.41) is 0. The number of halogens is 3. The molecule has 5 nitrogen and oxygen atoms in total. The Morgan fingerprint density at radius 3 is 2.26 bits per heavy atom. The molecular weight excluding hydrogens is 407 g/mol. The Bertz CT molecular complexity index is 915. The monoisotopic (exact) mass is 435 g/mol. The Kier molecular flexibility index (Phi) is 6.77. The van der Waals surface area contributed by atoms with E-state index in [1.54, 1.807) is 4.90 Å². The first-order valence-corrected chi connectivity index (χ1v) is 10.4. The number of aryl methyl sites for hydroxylation is 1. The lowest BCUT2D eigenvalue weighted by molar-refractivity contribution is -0.137. The second-order valence-electron chi connectivity index (χ2n) is 8.52. The minimum absolute atomic E-state index is 0.0466. The van der Waals surface area contributed by atoms with Gasteiger partial charge in [-0.25, -0.2) is 0 Å². The fourth-order valence-electron chi connectivity index (χ4n) is 3.52. The highest BCUT2D eigenvalue weighted by molar-refractivity contribution is 5.97. The lowest BCUT2D eigenvalue weighted by atomic mass is 10.1. The van der Waals surface area contributed by atoms with Crippen LogP contribution in [0, 0.1) is 5.92 Å². The number of amides is 2. The van der Waals surface area contributed by atoms with Crippen molar-refractivity contribution >= 4 is 11.8 Å². The maximum Gasteiger partial charge on any atom is 0.416 e. The number of carbonyl (C=O) groups is 2. The van der Waals surface area contributed by atoms with Crippen LogP contribution in [0.3, 0.4) is 0 Å². The van der Waals surface area contributed by atoms with Gasteiger partial charge in [-0.05, 0) is 55.2 Å². The molecule has 0 aliphatic heterocycles. The van der Waals surface area contributed by atoms with Gasteiger partial charge in [-0.3, -0.25) is 9.59 Å². The van der Waals surface area contributed by atoms with Crippen LogP contribution >= 0.6 is 0 Å². The number of nitrogens with zero attached hydrogens (tertiary/aromatic N) is 3. The van der Waals surface area contributed by atoms with Crippen molar-refractivity contribution in [3.63, 3.8) is 0 Å². The second-order valence-corrected chi connectivity index (χ2v) is 8.52. The van der Waals surface area contributed by atoms with Crippen molar-refractivity contribution in [2.45, 2.75) is 45.5 Å². The highest BCUT2D eigenvalue weighted by Crippen LogP contribution is 2.31. The Morgan fingerprint density at radius 2 is 1.77 bits per heavy atom. The summed E-state index contributed by atoms with van der Waals surface area (Å²) in [7, 11) is 1.91. The third-order valence-electron chi connectivity index (χ3n) is 5.36. The molecule has 2 amide bonds. The molecule has 1 aromatic heterocycles. The summed E-state index contributed by atoms with van der Waals surface area (Å²) in [6, 6.07) is 7.99. The van der Waals surface area contributed by atoms with E-state index in [0.29, 0.717) is 13.1 Å². The van der Waals surface area contributed by atoms with Gasteiger partial charge in [-0.1, -0.05) is 13.8 Å². The summed E-state index contributed by atoms with van der Waals surface area (Å²) in [6.07, 6.45) is -0.955. The topological polar surface area (TPSA) is 45.6 Å². The molecule has 0 spiro atoms. The molecule has 0 radical (unpaired) electrons. The zero-order chi connectivity index (χ0) is 22.8. The summed E-state index contributed by atoms with van der Waals surface area (Å²) in [5.41, 5.74) is 0.343. The zero-order valence-electron chi connectivity index (χ0n) is 18.0. The molecule has 1 heterocycles. The maximum absolute atomic E-state index is 13.2. The van der Waals surface area contributed by atoms with E-state index in [0.717, 1.165) is 30.7 Å². The quantitative estimate of drug-likeness (QED) is 0.620. The molecule has 2 aromatic rings. The van der Waals surface area contributed by atoms with Crippen LogP contribution < -0.4 is 0 Å². The summed E-state index contributed by atoms with van der Waals surface area (Å²) in [5.74, 6) is -0.320. The van der Waals surface area contributed by atoms with Gasteiger partial charge < -0.3 is 14.4 Å². The number of benzene rings is 1. The first-order chi connectivity index (χ1) is 14.6. The molecule has 0 atom stereocenters. The lowest BCUT2D eigenvalue weighted by Gasteiger charge is -2.29. The molecule has 1 aliphatic carbocycles. The maximum atomic E-state index is 13.2. The van der Waals surface area contributed by atoms with Crippen molar-refractivity contribution in [1.29, 1.82) is 0 Å². The first-order valence-electron chi connectivity index (χ1n) is 10.4. The highest BCUT2D eigenvalue weighted by Gasteiger charge is 2.36. The van der Waals surface area contributed by atoms with Crippen LogP contribution in [0.2, 0.25) is 0 Å². The van der Waals surface area contributed by atoms with Crippen molar-refractivity contribution in [2.24, 2.45) is 13.0 Å². The molecule has 1 aromatic carbocycles. The van der Waals surface area contributed by atoms with Gasteiger partial charge in [0.1, 0.15) is 6.54 Å². The smallest absolute Gasteiger partial charge is 0.353 e. The van der Waals surface area contributed by atoms with Gasteiger partial charge in [0.15, 0.2) is 0 Å². The molecule has 0 saturated heterocycles. The largest absolute Gasteiger partial charge is 0.416 e. The van der Waals surface area contributed by atoms with E-state index < -0.39 is 17.6 Å². The van der Waals surface area contributed by atoms with E-state index in [9.17, 15) is 22.8 Å². The fraction of sp³-hybridized carbons (Fsp3) is 0.478. The van der Waals surface area contributed by atoms with Crippen molar-refractivity contribution in [3.8, 4) is 0 Å². The van der Waals surface area contributed by atoms with Crippen LogP contribution in [0.1, 0.15) is 48.3 Å².